The van der Waals surface area contributed by atoms with Gasteiger partial charge in [-0.2, -0.15) is 0 Å². The molecule has 0 radical (unpaired) electrons. The van der Waals surface area contributed by atoms with E-state index in [1.165, 1.54) is 32.2 Å². The Morgan fingerprint density at radius 3 is 2.58 bits per heavy atom. The molecule has 1 spiro atoms. The molecule has 3 rings (SSSR count). The second-order valence-corrected chi connectivity index (χ2v) is 7.78. The quantitative estimate of drug-likeness (QED) is 0.792. The first-order valence-electron chi connectivity index (χ1n) is 7.94. The van der Waals surface area contributed by atoms with E-state index in [0.717, 1.165) is 32.2 Å². The van der Waals surface area contributed by atoms with E-state index < -0.39 is 0 Å². The third-order valence-electron chi connectivity index (χ3n) is 5.78. The molecule has 3 aliphatic heterocycles. The lowest BCUT2D eigenvalue weighted by Crippen LogP contribution is -2.60. The molecule has 3 nitrogen and oxygen atoms in total. The van der Waals surface area contributed by atoms with Crippen LogP contribution in [0.1, 0.15) is 52.9 Å². The van der Waals surface area contributed by atoms with Crippen LogP contribution in [0, 0.1) is 11.3 Å². The molecule has 0 bridgehead atoms. The van der Waals surface area contributed by atoms with Crippen LogP contribution in [-0.4, -0.2) is 37.5 Å². The fourth-order valence-corrected chi connectivity index (χ4v) is 4.68. The first-order chi connectivity index (χ1) is 8.98. The fourth-order valence-electron chi connectivity index (χ4n) is 4.68. The van der Waals surface area contributed by atoms with Crippen LogP contribution in [0.15, 0.2) is 0 Å². The Kier molecular flexibility index (Phi) is 3.43. The molecule has 3 atom stereocenters. The molecule has 1 N–H and O–H groups in total. The number of ether oxygens (including phenoxy) is 2. The standard InChI is InChI=1S/C16H29NO2/c1-14(2,3)16(6-4-8-17-16)13-5-9-19-15(11-13)7-10-18-12-15/h13,17H,4-12H2,1-3H3. The summed E-state index contributed by atoms with van der Waals surface area (Å²) >= 11 is 0. The van der Waals surface area contributed by atoms with Gasteiger partial charge in [0.2, 0.25) is 0 Å². The smallest absolute Gasteiger partial charge is 0.0940 e. The van der Waals surface area contributed by atoms with Crippen molar-refractivity contribution in [2.45, 2.75) is 64.0 Å². The molecule has 3 heterocycles. The molecule has 0 aliphatic carbocycles. The number of hydrogen-bond acceptors (Lipinski definition) is 3. The van der Waals surface area contributed by atoms with Crippen molar-refractivity contribution in [3.8, 4) is 0 Å². The zero-order valence-corrected chi connectivity index (χ0v) is 12.8. The van der Waals surface area contributed by atoms with Gasteiger partial charge in [-0.05, 0) is 43.6 Å². The lowest BCUT2D eigenvalue weighted by atomic mass is 9.61. The zero-order chi connectivity index (χ0) is 13.6. The fraction of sp³-hybridized carbons (Fsp3) is 1.00. The Labute approximate surface area is 117 Å². The van der Waals surface area contributed by atoms with Crippen LogP contribution in [0.2, 0.25) is 0 Å². The van der Waals surface area contributed by atoms with Gasteiger partial charge in [0, 0.05) is 25.2 Å². The summed E-state index contributed by atoms with van der Waals surface area (Å²) in [6, 6.07) is 0. The normalized spacial score (nSPS) is 44.1. The highest BCUT2D eigenvalue weighted by atomic mass is 16.6. The minimum absolute atomic E-state index is 0.0332. The van der Waals surface area contributed by atoms with Gasteiger partial charge in [-0.1, -0.05) is 20.8 Å². The van der Waals surface area contributed by atoms with E-state index in [4.69, 9.17) is 9.47 Å². The predicted octanol–water partition coefficient (Wildman–Crippen LogP) is 2.74. The van der Waals surface area contributed by atoms with Gasteiger partial charge in [0.15, 0.2) is 0 Å². The maximum atomic E-state index is 6.12. The van der Waals surface area contributed by atoms with Crippen LogP contribution >= 0.6 is 0 Å². The first kappa shape index (κ1) is 13.8. The van der Waals surface area contributed by atoms with Crippen LogP contribution in [0.5, 0.6) is 0 Å². The highest BCUT2D eigenvalue weighted by molar-refractivity contribution is 5.09. The first-order valence-corrected chi connectivity index (χ1v) is 7.94. The van der Waals surface area contributed by atoms with E-state index >= 15 is 0 Å². The summed E-state index contributed by atoms with van der Waals surface area (Å²) in [6.45, 7) is 11.0. The molecular formula is C16H29NO2. The molecule has 3 saturated heterocycles. The summed E-state index contributed by atoms with van der Waals surface area (Å²) in [5, 5.41) is 3.89. The van der Waals surface area contributed by atoms with Gasteiger partial charge in [-0.15, -0.1) is 0 Å². The Morgan fingerprint density at radius 2 is 2.00 bits per heavy atom. The third-order valence-corrected chi connectivity index (χ3v) is 5.78. The number of hydrogen-bond donors (Lipinski definition) is 1. The average molecular weight is 267 g/mol. The summed E-state index contributed by atoms with van der Waals surface area (Å²) in [4.78, 5) is 0. The van der Waals surface area contributed by atoms with Crippen LogP contribution in [-0.2, 0) is 9.47 Å². The summed E-state index contributed by atoms with van der Waals surface area (Å²) in [7, 11) is 0. The highest BCUT2D eigenvalue weighted by Gasteiger charge is 2.53. The maximum absolute atomic E-state index is 6.12. The third kappa shape index (κ3) is 2.24. The van der Waals surface area contributed by atoms with Crippen molar-refractivity contribution in [3.63, 3.8) is 0 Å². The molecule has 19 heavy (non-hydrogen) atoms. The summed E-state index contributed by atoms with van der Waals surface area (Å²) in [6.07, 6.45) is 6.10. The van der Waals surface area contributed by atoms with Crippen LogP contribution in [0.25, 0.3) is 0 Å². The minimum Gasteiger partial charge on any atom is -0.378 e. The molecule has 110 valence electrons. The second-order valence-electron chi connectivity index (χ2n) is 7.78. The summed E-state index contributed by atoms with van der Waals surface area (Å²) in [5.41, 5.74) is 0.643. The molecule has 0 saturated carbocycles. The Bertz CT molecular complexity index is 322. The van der Waals surface area contributed by atoms with Gasteiger partial charge in [0.05, 0.1) is 12.2 Å². The van der Waals surface area contributed by atoms with Gasteiger partial charge in [-0.3, -0.25) is 0 Å². The van der Waals surface area contributed by atoms with E-state index in [-0.39, 0.29) is 5.60 Å². The van der Waals surface area contributed by atoms with Crippen LogP contribution in [0.4, 0.5) is 0 Å². The lowest BCUT2D eigenvalue weighted by molar-refractivity contribution is -0.121. The van der Waals surface area contributed by atoms with E-state index in [9.17, 15) is 0 Å². The van der Waals surface area contributed by atoms with Gasteiger partial charge < -0.3 is 14.8 Å². The molecule has 0 amide bonds. The molecule has 3 fully saturated rings. The van der Waals surface area contributed by atoms with Gasteiger partial charge in [0.1, 0.15) is 0 Å². The van der Waals surface area contributed by atoms with E-state index in [1.54, 1.807) is 0 Å². The Hall–Kier alpha value is -0.120. The molecule has 0 aromatic carbocycles. The molecule has 3 heteroatoms. The molecular weight excluding hydrogens is 238 g/mol. The van der Waals surface area contributed by atoms with Crippen LogP contribution in [0.3, 0.4) is 0 Å². The monoisotopic (exact) mass is 267 g/mol. The highest BCUT2D eigenvalue weighted by Crippen LogP contribution is 2.49. The van der Waals surface area contributed by atoms with Crippen molar-refractivity contribution >= 4 is 0 Å². The molecule has 3 unspecified atom stereocenters. The number of nitrogens with one attached hydrogen (secondary N) is 1. The van der Waals surface area contributed by atoms with Crippen LogP contribution < -0.4 is 5.32 Å². The SMILES string of the molecule is CC(C)(C)C1(C2CCOC3(CCOC3)C2)CCCN1. The lowest BCUT2D eigenvalue weighted by Gasteiger charge is -2.52. The van der Waals surface area contributed by atoms with Gasteiger partial charge in [0.25, 0.3) is 0 Å². The van der Waals surface area contributed by atoms with Crippen molar-refractivity contribution in [2.24, 2.45) is 11.3 Å². The second kappa shape index (κ2) is 4.71. The zero-order valence-electron chi connectivity index (χ0n) is 12.8. The average Bonchev–Trinajstić information content (AvgIpc) is 2.98. The Balaban J connectivity index is 1.83. The van der Waals surface area contributed by atoms with Gasteiger partial charge >= 0.3 is 0 Å². The molecule has 0 aromatic heterocycles. The number of rotatable bonds is 1. The largest absolute Gasteiger partial charge is 0.378 e. The van der Waals surface area contributed by atoms with Crippen molar-refractivity contribution in [3.05, 3.63) is 0 Å². The Morgan fingerprint density at radius 1 is 1.16 bits per heavy atom. The predicted molar refractivity (Wildman–Crippen MR) is 76.3 cm³/mol. The van der Waals surface area contributed by atoms with E-state index in [0.29, 0.717) is 11.0 Å². The molecule has 3 aliphatic rings. The van der Waals surface area contributed by atoms with Gasteiger partial charge in [-0.25, -0.2) is 0 Å². The topological polar surface area (TPSA) is 30.5 Å². The van der Waals surface area contributed by atoms with Crippen molar-refractivity contribution in [1.29, 1.82) is 0 Å². The summed E-state index contributed by atoms with van der Waals surface area (Å²) in [5.74, 6) is 0.727. The van der Waals surface area contributed by atoms with Crippen molar-refractivity contribution in [1.82, 2.24) is 5.32 Å². The van der Waals surface area contributed by atoms with E-state index in [2.05, 4.69) is 26.1 Å². The summed E-state index contributed by atoms with van der Waals surface area (Å²) < 4.78 is 11.7. The minimum atomic E-state index is 0.0332. The van der Waals surface area contributed by atoms with Crippen molar-refractivity contribution in [2.75, 3.05) is 26.4 Å². The van der Waals surface area contributed by atoms with E-state index in [1.807, 2.05) is 0 Å². The molecule has 0 aromatic rings. The maximum Gasteiger partial charge on any atom is 0.0940 e. The van der Waals surface area contributed by atoms with Crippen molar-refractivity contribution < 1.29 is 9.47 Å².